The van der Waals surface area contributed by atoms with Crippen molar-refractivity contribution in [2.45, 2.75) is 25.3 Å². The predicted octanol–water partition coefficient (Wildman–Crippen LogP) is 1.46. The average Bonchev–Trinajstić information content (AvgIpc) is 3.14. The van der Waals surface area contributed by atoms with Crippen LogP contribution in [0, 0.1) is 21.9 Å². The molecule has 2 aromatic rings. The minimum atomic E-state index is 0.219. The van der Waals surface area contributed by atoms with Gasteiger partial charge in [-0.1, -0.05) is 12.1 Å². The van der Waals surface area contributed by atoms with Crippen LogP contribution in [0.25, 0.3) is 22.7 Å². The van der Waals surface area contributed by atoms with Crippen LogP contribution in [0.2, 0.25) is 0 Å². The lowest BCUT2D eigenvalue weighted by atomic mass is 10.1. The molecular formula is C22H22N6OS. The number of hydrogen-bond acceptors (Lipinski definition) is 6. The smallest absolute Gasteiger partial charge is 0.156 e. The predicted molar refractivity (Wildman–Crippen MR) is 115 cm³/mol. The second kappa shape index (κ2) is 6.78. The van der Waals surface area contributed by atoms with Gasteiger partial charge in [-0.3, -0.25) is 15.2 Å². The maximum atomic E-state index is 10.9. The normalized spacial score (nSPS) is 21.1. The van der Waals surface area contributed by atoms with Crippen LogP contribution in [0.15, 0.2) is 29.8 Å². The molecule has 1 aromatic carbocycles. The summed E-state index contributed by atoms with van der Waals surface area (Å²) >= 11 is 1.45. The average molecular weight is 419 g/mol. The fourth-order valence-corrected chi connectivity index (χ4v) is 5.02. The summed E-state index contributed by atoms with van der Waals surface area (Å²) in [5.74, 6) is 0.623. The molecule has 30 heavy (non-hydrogen) atoms. The van der Waals surface area contributed by atoms with Gasteiger partial charge in [0.05, 0.1) is 32.7 Å². The van der Waals surface area contributed by atoms with Crippen molar-refractivity contribution in [2.75, 3.05) is 13.1 Å². The largest absolute Gasteiger partial charge is 0.511 e. The molecule has 0 spiro atoms. The highest BCUT2D eigenvalue weighted by Crippen LogP contribution is 2.35. The second-order valence-electron chi connectivity index (χ2n) is 8.22. The molecular weight excluding hydrogens is 396 g/mol. The third kappa shape index (κ3) is 2.86. The van der Waals surface area contributed by atoms with Crippen LogP contribution in [0.1, 0.15) is 30.9 Å². The Balaban J connectivity index is 1.70. The van der Waals surface area contributed by atoms with Gasteiger partial charge in [0.1, 0.15) is 5.76 Å². The van der Waals surface area contributed by atoms with Crippen LogP contribution in [-0.2, 0) is 0 Å². The van der Waals surface area contributed by atoms with E-state index in [4.69, 9.17) is 5.41 Å². The van der Waals surface area contributed by atoms with Gasteiger partial charge >= 0.3 is 0 Å². The highest BCUT2D eigenvalue weighted by Gasteiger charge is 2.28. The number of H-pyrrole nitrogens is 1. The van der Waals surface area contributed by atoms with Crippen LogP contribution in [0.4, 0.5) is 0 Å². The third-order valence-corrected chi connectivity index (χ3v) is 6.80. The van der Waals surface area contributed by atoms with Crippen molar-refractivity contribution in [1.29, 1.82) is 5.41 Å². The molecule has 1 unspecified atom stereocenters. The molecule has 0 bridgehead atoms. The van der Waals surface area contributed by atoms with Gasteiger partial charge in [-0.15, -0.1) is 0 Å². The topological polar surface area (TPSA) is 103 Å². The molecule has 4 N–H and O–H groups in total. The Hall–Kier alpha value is -2.97. The molecule has 4 heterocycles. The maximum Gasteiger partial charge on any atom is 0.156 e. The zero-order chi connectivity index (χ0) is 20.2. The molecule has 1 aromatic heterocycles. The number of aliphatic hydroxyl groups is 1. The molecule has 2 fully saturated rings. The summed E-state index contributed by atoms with van der Waals surface area (Å²) in [6.07, 6.45) is 6.74. The molecule has 8 heteroatoms. The van der Waals surface area contributed by atoms with E-state index >= 15 is 0 Å². The number of rotatable bonds is 3. The van der Waals surface area contributed by atoms with Crippen molar-refractivity contribution >= 4 is 34.3 Å². The second-order valence-corrected chi connectivity index (χ2v) is 8.85. The Morgan fingerprint density at radius 1 is 1.30 bits per heavy atom. The van der Waals surface area contributed by atoms with Crippen molar-refractivity contribution in [3.8, 4) is 0 Å². The van der Waals surface area contributed by atoms with Crippen molar-refractivity contribution in [3.63, 3.8) is 0 Å². The van der Waals surface area contributed by atoms with Crippen LogP contribution < -0.4 is 21.4 Å². The van der Waals surface area contributed by atoms with Crippen LogP contribution in [0.5, 0.6) is 0 Å². The number of aliphatic hydroxyl groups excluding tert-OH is 1. The lowest BCUT2D eigenvalue weighted by Crippen LogP contribution is -2.25. The Labute approximate surface area is 175 Å². The number of nitrogens with one attached hydrogen (secondary N) is 3. The van der Waals surface area contributed by atoms with E-state index in [2.05, 4.69) is 48.7 Å². The van der Waals surface area contributed by atoms with E-state index in [1.807, 2.05) is 5.38 Å². The molecule has 1 saturated heterocycles. The van der Waals surface area contributed by atoms with Crippen LogP contribution in [-0.4, -0.2) is 37.3 Å². The number of aromatic amines is 1. The molecule has 0 amide bonds. The van der Waals surface area contributed by atoms with Crippen molar-refractivity contribution < 1.29 is 5.11 Å². The van der Waals surface area contributed by atoms with Gasteiger partial charge in [-0.2, -0.15) is 4.37 Å². The molecule has 3 aliphatic heterocycles. The number of aromatic nitrogens is 4. The first-order chi connectivity index (χ1) is 14.7. The Bertz CT molecular complexity index is 1500. The van der Waals surface area contributed by atoms with Gasteiger partial charge in [-0.25, -0.2) is 4.98 Å². The van der Waals surface area contributed by atoms with E-state index in [0.717, 1.165) is 70.0 Å². The van der Waals surface area contributed by atoms with Crippen molar-refractivity contribution in [1.82, 2.24) is 24.5 Å². The minimum Gasteiger partial charge on any atom is -0.511 e. The summed E-state index contributed by atoms with van der Waals surface area (Å²) in [5.41, 5.74) is 2.22. The first-order valence-corrected chi connectivity index (χ1v) is 11.2. The molecule has 1 aliphatic carbocycles. The highest BCUT2D eigenvalue weighted by atomic mass is 32.1. The summed E-state index contributed by atoms with van der Waals surface area (Å²) in [5, 5.41) is 32.8. The van der Waals surface area contributed by atoms with E-state index in [1.54, 1.807) is 6.20 Å². The zero-order valence-corrected chi connectivity index (χ0v) is 17.2. The SMILES string of the molecule is N=c1ncc(=C(O)C2CC2)c2n(C3CCNC3)[nH]c(=Cc3ccc4csnc4c3)c1=2. The lowest BCUT2D eigenvalue weighted by molar-refractivity contribution is 0.458. The van der Waals surface area contributed by atoms with Gasteiger partial charge in [0.25, 0.3) is 0 Å². The Morgan fingerprint density at radius 2 is 2.20 bits per heavy atom. The molecule has 6 rings (SSSR count). The van der Waals surface area contributed by atoms with Gasteiger partial charge < -0.3 is 10.4 Å². The van der Waals surface area contributed by atoms with Crippen LogP contribution >= 0.6 is 11.5 Å². The fraction of sp³-hybridized carbons (Fsp3) is 0.318. The number of nitrogens with zero attached hydrogens (tertiary/aromatic N) is 3. The molecule has 1 saturated carbocycles. The quantitative estimate of drug-likeness (QED) is 0.405. The summed E-state index contributed by atoms with van der Waals surface area (Å²) in [7, 11) is 0. The maximum absolute atomic E-state index is 10.9. The van der Waals surface area contributed by atoms with Gasteiger partial charge in [-0.05, 0) is 55.0 Å². The number of hydrogen-bond donors (Lipinski definition) is 4. The van der Waals surface area contributed by atoms with Gasteiger partial charge in [0.15, 0.2) is 5.49 Å². The summed E-state index contributed by atoms with van der Waals surface area (Å²) < 4.78 is 6.58. The summed E-state index contributed by atoms with van der Waals surface area (Å²) in [6, 6.07) is 6.46. The molecule has 4 aliphatic rings. The summed E-state index contributed by atoms with van der Waals surface area (Å²) in [4.78, 5) is 4.33. The summed E-state index contributed by atoms with van der Waals surface area (Å²) in [6.45, 7) is 1.83. The number of fused-ring (bicyclic) bond motifs is 1. The van der Waals surface area contributed by atoms with Crippen molar-refractivity contribution in [3.05, 3.63) is 62.0 Å². The molecule has 0 radical (unpaired) electrons. The van der Waals surface area contributed by atoms with Crippen LogP contribution in [0.3, 0.4) is 0 Å². The third-order valence-electron chi connectivity index (χ3n) is 6.14. The van der Waals surface area contributed by atoms with E-state index in [1.165, 1.54) is 11.5 Å². The number of benzene rings is 1. The van der Waals surface area contributed by atoms with E-state index in [-0.39, 0.29) is 17.4 Å². The zero-order valence-electron chi connectivity index (χ0n) is 16.4. The van der Waals surface area contributed by atoms with E-state index < -0.39 is 0 Å². The molecule has 7 nitrogen and oxygen atoms in total. The van der Waals surface area contributed by atoms with Crippen molar-refractivity contribution in [2.24, 2.45) is 5.92 Å². The Kier molecular flexibility index (Phi) is 4.04. The van der Waals surface area contributed by atoms with E-state index in [0.29, 0.717) is 5.76 Å². The highest BCUT2D eigenvalue weighted by molar-refractivity contribution is 7.04. The first kappa shape index (κ1) is 17.9. The molecule has 152 valence electrons. The lowest BCUT2D eigenvalue weighted by Gasteiger charge is -2.12. The monoisotopic (exact) mass is 418 g/mol. The standard InChI is InChI=1S/C22H22N6OS/c23-22-19-18(8-12-1-2-14-11-30-27-17(14)7-12)26-28(15-5-6-24-9-15)20(19)16(10-25-22)21(29)13-3-4-13/h1-2,7-8,10-11,13,15,23-24,26,29H,3-6,9H2. The van der Waals surface area contributed by atoms with Gasteiger partial charge in [0, 0.05) is 29.4 Å². The van der Waals surface area contributed by atoms with E-state index in [9.17, 15) is 5.11 Å². The molecule has 1 atom stereocenters. The first-order valence-electron chi connectivity index (χ1n) is 10.3. The minimum absolute atomic E-state index is 0.219. The Morgan fingerprint density at radius 3 is 3.00 bits per heavy atom. The van der Waals surface area contributed by atoms with Gasteiger partial charge in [0.2, 0.25) is 0 Å². The fourth-order valence-electron chi connectivity index (χ4n) is 4.39.